The van der Waals surface area contributed by atoms with E-state index in [4.69, 9.17) is 0 Å². The minimum Gasteiger partial charge on any atom is -0.380 e. The smallest absolute Gasteiger partial charge is 0.380 e. The third-order valence-electron chi connectivity index (χ3n) is 1.56. The largest absolute Gasteiger partial charge is 0.522 e. The van der Waals surface area contributed by atoms with Gasteiger partial charge in [0.1, 0.15) is 5.82 Å². The molecule has 0 saturated carbocycles. The molecule has 0 aliphatic carbocycles. The third kappa shape index (κ3) is 4.64. The van der Waals surface area contributed by atoms with Gasteiger partial charge < -0.3 is 5.32 Å². The number of benzene rings is 1. The average Bonchev–Trinajstić information content (AvgIpc) is 2.13. The Morgan fingerprint density at radius 1 is 1.20 bits per heavy atom. The number of hydrogen-bond donors (Lipinski definition) is 1. The van der Waals surface area contributed by atoms with E-state index in [0.717, 1.165) is 0 Å². The highest BCUT2D eigenvalue weighted by molar-refractivity contribution is 5.44. The van der Waals surface area contributed by atoms with E-state index in [1.54, 1.807) is 6.07 Å². The molecule has 6 heteroatoms. The monoisotopic (exact) mass is 223 g/mol. The molecule has 84 valence electrons. The van der Waals surface area contributed by atoms with Gasteiger partial charge in [-0.1, -0.05) is 12.1 Å². The first-order valence-electron chi connectivity index (χ1n) is 4.18. The molecule has 0 aliphatic heterocycles. The Morgan fingerprint density at radius 2 is 1.87 bits per heavy atom. The zero-order valence-corrected chi connectivity index (χ0v) is 7.64. The van der Waals surface area contributed by atoms with E-state index in [9.17, 15) is 17.6 Å². The van der Waals surface area contributed by atoms with Gasteiger partial charge in [0, 0.05) is 6.54 Å². The molecule has 0 atom stereocenters. The number of nitrogens with one attached hydrogen (secondary N) is 1. The Morgan fingerprint density at radius 3 is 2.47 bits per heavy atom. The second kappa shape index (κ2) is 4.97. The molecular weight excluding hydrogens is 214 g/mol. The molecule has 0 aliphatic rings. The fraction of sp³-hybridized carbons (Fsp3) is 0.333. The number of para-hydroxylation sites is 1. The fourth-order valence-corrected chi connectivity index (χ4v) is 0.957. The van der Waals surface area contributed by atoms with Crippen molar-refractivity contribution in [1.29, 1.82) is 0 Å². The van der Waals surface area contributed by atoms with Gasteiger partial charge in [0.15, 0.2) is 0 Å². The summed E-state index contributed by atoms with van der Waals surface area (Å²) in [6, 6.07) is 5.72. The molecule has 0 saturated heterocycles. The fourth-order valence-electron chi connectivity index (χ4n) is 0.957. The van der Waals surface area contributed by atoms with Crippen molar-refractivity contribution < 1.29 is 22.3 Å². The molecule has 0 amide bonds. The summed E-state index contributed by atoms with van der Waals surface area (Å²) in [6.07, 6.45) is -4.64. The Hall–Kier alpha value is -1.30. The molecule has 15 heavy (non-hydrogen) atoms. The van der Waals surface area contributed by atoms with Crippen LogP contribution in [0.4, 0.5) is 23.2 Å². The van der Waals surface area contributed by atoms with Crippen LogP contribution in [0.1, 0.15) is 0 Å². The molecule has 1 rings (SSSR count). The number of halogens is 4. The number of hydrogen-bond acceptors (Lipinski definition) is 2. The van der Waals surface area contributed by atoms with Crippen LogP contribution in [0.5, 0.6) is 0 Å². The molecule has 1 aromatic carbocycles. The van der Waals surface area contributed by atoms with E-state index in [-0.39, 0.29) is 12.2 Å². The summed E-state index contributed by atoms with van der Waals surface area (Å²) >= 11 is 0. The van der Waals surface area contributed by atoms with Crippen LogP contribution in [0.2, 0.25) is 0 Å². The van der Waals surface area contributed by atoms with Gasteiger partial charge in [0.2, 0.25) is 0 Å². The maximum absolute atomic E-state index is 12.9. The molecular formula is C9H9F4NO. The van der Waals surface area contributed by atoms with E-state index in [1.807, 2.05) is 0 Å². The number of ether oxygens (including phenoxy) is 1. The summed E-state index contributed by atoms with van der Waals surface area (Å²) in [5.74, 6) is -0.510. The molecule has 0 spiro atoms. The standard InChI is InChI=1S/C9H9F4NO/c10-7-3-1-2-4-8(7)14-5-6-15-9(11,12)13/h1-4,14H,5-6H2. The molecule has 1 N–H and O–H groups in total. The van der Waals surface area contributed by atoms with Crippen molar-refractivity contribution in [2.45, 2.75) is 6.36 Å². The molecule has 0 unspecified atom stereocenters. The topological polar surface area (TPSA) is 21.3 Å². The lowest BCUT2D eigenvalue weighted by atomic mass is 10.3. The molecule has 0 heterocycles. The predicted molar refractivity (Wildman–Crippen MR) is 46.9 cm³/mol. The van der Waals surface area contributed by atoms with Crippen LogP contribution >= 0.6 is 0 Å². The maximum atomic E-state index is 12.9. The average molecular weight is 223 g/mol. The lowest BCUT2D eigenvalue weighted by molar-refractivity contribution is -0.322. The normalized spacial score (nSPS) is 11.5. The first kappa shape index (κ1) is 11.8. The molecule has 0 aromatic heterocycles. The van der Waals surface area contributed by atoms with Crippen LogP contribution in [0.25, 0.3) is 0 Å². The van der Waals surface area contributed by atoms with Crippen molar-refractivity contribution >= 4 is 5.69 Å². The first-order chi connectivity index (χ1) is 6.99. The van der Waals surface area contributed by atoms with Crippen molar-refractivity contribution in [3.8, 4) is 0 Å². The van der Waals surface area contributed by atoms with Crippen molar-refractivity contribution in [3.63, 3.8) is 0 Å². The van der Waals surface area contributed by atoms with Crippen molar-refractivity contribution in [2.24, 2.45) is 0 Å². The Balaban J connectivity index is 2.30. The molecule has 0 fully saturated rings. The van der Waals surface area contributed by atoms with Gasteiger partial charge in [-0.15, -0.1) is 13.2 Å². The van der Waals surface area contributed by atoms with Gasteiger partial charge in [-0.05, 0) is 12.1 Å². The molecule has 1 aromatic rings. The van der Waals surface area contributed by atoms with Gasteiger partial charge in [0.25, 0.3) is 0 Å². The number of alkyl halides is 3. The Kier molecular flexibility index (Phi) is 3.90. The Labute approximate surface area is 83.9 Å². The van der Waals surface area contributed by atoms with Crippen LogP contribution in [0.3, 0.4) is 0 Å². The van der Waals surface area contributed by atoms with Crippen molar-refractivity contribution in [3.05, 3.63) is 30.1 Å². The van der Waals surface area contributed by atoms with E-state index in [0.29, 0.717) is 0 Å². The zero-order valence-electron chi connectivity index (χ0n) is 7.64. The third-order valence-corrected chi connectivity index (χ3v) is 1.56. The van der Waals surface area contributed by atoms with Crippen molar-refractivity contribution in [2.75, 3.05) is 18.5 Å². The molecule has 2 nitrogen and oxygen atoms in total. The molecule has 0 radical (unpaired) electrons. The highest BCUT2D eigenvalue weighted by Crippen LogP contribution is 2.16. The van der Waals surface area contributed by atoms with Crippen LogP contribution in [-0.4, -0.2) is 19.5 Å². The summed E-state index contributed by atoms with van der Waals surface area (Å²) in [6.45, 7) is -0.668. The lowest BCUT2D eigenvalue weighted by Gasteiger charge is -2.09. The van der Waals surface area contributed by atoms with Crippen molar-refractivity contribution in [1.82, 2.24) is 0 Å². The van der Waals surface area contributed by atoms with Gasteiger partial charge in [0.05, 0.1) is 12.3 Å². The van der Waals surface area contributed by atoms with E-state index >= 15 is 0 Å². The summed E-state index contributed by atoms with van der Waals surface area (Å²) in [4.78, 5) is 0. The van der Waals surface area contributed by atoms with Crippen LogP contribution in [0, 0.1) is 5.82 Å². The maximum Gasteiger partial charge on any atom is 0.522 e. The van der Waals surface area contributed by atoms with Gasteiger partial charge in [-0.3, -0.25) is 4.74 Å². The number of rotatable bonds is 4. The first-order valence-corrected chi connectivity index (χ1v) is 4.18. The van der Waals surface area contributed by atoms with Crippen LogP contribution in [0.15, 0.2) is 24.3 Å². The highest BCUT2D eigenvalue weighted by Gasteiger charge is 2.28. The zero-order chi connectivity index (χ0) is 11.3. The summed E-state index contributed by atoms with van der Waals surface area (Å²) in [5, 5.41) is 2.49. The van der Waals surface area contributed by atoms with Gasteiger partial charge >= 0.3 is 6.36 Å². The second-order valence-corrected chi connectivity index (χ2v) is 2.70. The van der Waals surface area contributed by atoms with Crippen LogP contribution in [-0.2, 0) is 4.74 Å². The SMILES string of the molecule is Fc1ccccc1NCCOC(F)(F)F. The minimum atomic E-state index is -4.64. The highest BCUT2D eigenvalue weighted by atomic mass is 19.4. The quantitative estimate of drug-likeness (QED) is 0.626. The Bertz CT molecular complexity index is 313. The van der Waals surface area contributed by atoms with E-state index in [1.165, 1.54) is 18.2 Å². The minimum absolute atomic E-state index is 0.111. The summed E-state index contributed by atoms with van der Waals surface area (Å²) < 4.78 is 51.0. The van der Waals surface area contributed by atoms with E-state index in [2.05, 4.69) is 10.1 Å². The predicted octanol–water partition coefficient (Wildman–Crippen LogP) is 2.77. The van der Waals surface area contributed by atoms with Gasteiger partial charge in [-0.2, -0.15) is 0 Å². The van der Waals surface area contributed by atoms with Gasteiger partial charge in [-0.25, -0.2) is 4.39 Å². The van der Waals surface area contributed by atoms with E-state index < -0.39 is 18.8 Å². The lowest BCUT2D eigenvalue weighted by Crippen LogP contribution is -2.19. The summed E-state index contributed by atoms with van der Waals surface area (Å²) in [5.41, 5.74) is 0.156. The second-order valence-electron chi connectivity index (χ2n) is 2.70. The summed E-state index contributed by atoms with van der Waals surface area (Å²) in [7, 11) is 0. The molecule has 0 bridgehead atoms. The number of anilines is 1. The van der Waals surface area contributed by atoms with Crippen LogP contribution < -0.4 is 5.32 Å².